The topological polar surface area (TPSA) is 199 Å². The zero-order chi connectivity index (χ0) is 47.9. The number of ether oxygens (including phenoxy) is 3. The van der Waals surface area contributed by atoms with Crippen molar-refractivity contribution in [3.63, 3.8) is 0 Å². The number of nitrogens with one attached hydrogen (secondary N) is 3. The molecule has 5 aromatic rings. The monoisotopic (exact) mass is 919 g/mol. The number of carbonyl (C=O) groups excluding carboxylic acids is 3. The number of rotatable bonds is 13. The smallest absolute Gasteiger partial charge is 0.407 e. The van der Waals surface area contributed by atoms with E-state index in [1.165, 1.54) is 33.9 Å². The first-order valence-corrected chi connectivity index (χ1v) is 23.4. The molecule has 17 nitrogen and oxygen atoms in total. The second-order valence-corrected chi connectivity index (χ2v) is 19.3. The summed E-state index contributed by atoms with van der Waals surface area (Å²) < 4.78 is 15.8. The number of fused-ring (bicyclic) bond motifs is 2. The van der Waals surface area contributed by atoms with Crippen LogP contribution in [0, 0.1) is 0 Å². The number of imidazole rings is 2. The van der Waals surface area contributed by atoms with Gasteiger partial charge in [0.15, 0.2) is 0 Å². The number of anilines is 1. The van der Waals surface area contributed by atoms with Gasteiger partial charge < -0.3 is 49.3 Å². The summed E-state index contributed by atoms with van der Waals surface area (Å²) in [6, 6.07) is 19.2. The van der Waals surface area contributed by atoms with E-state index in [1.54, 1.807) is 23.6 Å². The van der Waals surface area contributed by atoms with Crippen molar-refractivity contribution < 1.29 is 38.5 Å². The minimum atomic E-state index is -1.20. The summed E-state index contributed by atoms with van der Waals surface area (Å²) in [5, 5.41) is 12.5. The van der Waals surface area contributed by atoms with E-state index >= 15 is 0 Å². The van der Waals surface area contributed by atoms with Gasteiger partial charge in [-0.25, -0.2) is 19.6 Å². The van der Waals surface area contributed by atoms with Gasteiger partial charge in [-0.15, -0.1) is 0 Å². The van der Waals surface area contributed by atoms with E-state index in [2.05, 4.69) is 95.6 Å². The Kier molecular flexibility index (Phi) is 13.5. The number of likely N-dealkylation sites (tertiary alicyclic amines) is 2. The minimum Gasteiger partial charge on any atom is -0.465 e. The van der Waals surface area contributed by atoms with Gasteiger partial charge in [-0.3, -0.25) is 14.5 Å². The predicted molar refractivity (Wildman–Crippen MR) is 254 cm³/mol. The van der Waals surface area contributed by atoms with Gasteiger partial charge in [-0.2, -0.15) is 0 Å². The van der Waals surface area contributed by atoms with Crippen molar-refractivity contribution in [2.75, 3.05) is 46.4 Å². The molecule has 4 N–H and O–H groups in total. The maximum atomic E-state index is 14.0. The Morgan fingerprint density at radius 1 is 0.731 bits per heavy atom. The van der Waals surface area contributed by atoms with E-state index in [-0.39, 0.29) is 41.4 Å². The van der Waals surface area contributed by atoms with Crippen LogP contribution in [0.2, 0.25) is 0 Å². The molecule has 0 saturated carbocycles. The molecule has 67 heavy (non-hydrogen) atoms. The molecule has 8 atom stereocenters. The lowest BCUT2D eigenvalue weighted by Crippen LogP contribution is -2.54. The van der Waals surface area contributed by atoms with Gasteiger partial charge in [-0.1, -0.05) is 45.0 Å². The lowest BCUT2D eigenvalue weighted by atomic mass is 9.87. The molecule has 3 aromatic carbocycles. The van der Waals surface area contributed by atoms with Crippen LogP contribution in [0.15, 0.2) is 60.7 Å². The summed E-state index contributed by atoms with van der Waals surface area (Å²) in [7, 11) is 5.66. The van der Waals surface area contributed by atoms with E-state index < -0.39 is 36.5 Å². The van der Waals surface area contributed by atoms with Crippen molar-refractivity contribution in [3.05, 3.63) is 89.0 Å². The summed E-state index contributed by atoms with van der Waals surface area (Å²) in [5.74, 6) is 0.829. The highest BCUT2D eigenvalue weighted by molar-refractivity contribution is 5.88. The fourth-order valence-corrected chi connectivity index (χ4v) is 10.4. The highest BCUT2D eigenvalue weighted by atomic mass is 16.5. The third-order valence-electron chi connectivity index (χ3n) is 14.3. The lowest BCUT2D eigenvalue weighted by molar-refractivity contribution is -0.141. The van der Waals surface area contributed by atoms with Crippen molar-refractivity contribution in [1.82, 2.24) is 40.0 Å². The van der Waals surface area contributed by atoms with Gasteiger partial charge >= 0.3 is 12.2 Å². The number of aromatic amines is 2. The second kappa shape index (κ2) is 19.2. The van der Waals surface area contributed by atoms with Gasteiger partial charge in [0.05, 0.1) is 65.6 Å². The van der Waals surface area contributed by atoms with Crippen LogP contribution in [0.3, 0.4) is 0 Å². The third kappa shape index (κ3) is 9.27. The number of carboxylic acid groups (broad SMARTS) is 1. The summed E-state index contributed by atoms with van der Waals surface area (Å²) in [6.07, 6.45) is 1.67. The first-order chi connectivity index (χ1) is 32.0. The average molecular weight is 920 g/mol. The second-order valence-electron chi connectivity index (χ2n) is 19.3. The Balaban J connectivity index is 1.09. The number of hydrogen-bond donors (Lipinski definition) is 4. The lowest BCUT2D eigenvalue weighted by Gasteiger charge is -2.34. The summed E-state index contributed by atoms with van der Waals surface area (Å²) in [6.45, 7) is 11.1. The molecular formula is C50H65N9O8. The van der Waals surface area contributed by atoms with Crippen LogP contribution in [-0.2, 0) is 29.2 Å². The number of methoxy groups -OCH3 is 3. The van der Waals surface area contributed by atoms with Crippen LogP contribution in [0.25, 0.3) is 22.1 Å². The normalized spacial score (nSPS) is 21.7. The molecule has 0 spiro atoms. The SMILES string of the molecule is COC(=O)N[C@H](C(=O)N1CCC[C@H]1c1nc2ccc([C@H]3CC[C@H](c4ccc5nc([C@@H]6CCCN6C(=O)[C@H]([C@@H](C)OC)N(C)C(=O)O)[nH]c5c4)N3c3ccc(C(C)(C)C)cc3)cc2[nH]1)[C@@H](C)OC. The van der Waals surface area contributed by atoms with Gasteiger partial charge in [0, 0.05) is 40.0 Å². The molecule has 0 radical (unpaired) electrons. The zero-order valence-electron chi connectivity index (χ0n) is 40.0. The molecule has 5 heterocycles. The van der Waals surface area contributed by atoms with E-state index in [1.807, 2.05) is 6.07 Å². The summed E-state index contributed by atoms with van der Waals surface area (Å²) >= 11 is 0. The van der Waals surface area contributed by atoms with Crippen LogP contribution in [0.5, 0.6) is 0 Å². The van der Waals surface area contributed by atoms with E-state index in [0.717, 1.165) is 75.9 Å². The molecule has 3 saturated heterocycles. The largest absolute Gasteiger partial charge is 0.465 e. The molecule has 0 unspecified atom stereocenters. The summed E-state index contributed by atoms with van der Waals surface area (Å²) in [5.41, 5.74) is 8.00. The Morgan fingerprint density at radius 2 is 1.24 bits per heavy atom. The number of likely N-dealkylation sites (N-methyl/N-ethyl adjacent to an activating group) is 1. The average Bonchev–Trinajstić information content (AvgIpc) is 4.18. The van der Waals surface area contributed by atoms with Crippen molar-refractivity contribution in [3.8, 4) is 0 Å². The number of nitrogens with zero attached hydrogens (tertiary/aromatic N) is 6. The number of hydrogen-bond acceptors (Lipinski definition) is 10. The van der Waals surface area contributed by atoms with Crippen molar-refractivity contribution in [1.29, 1.82) is 0 Å². The van der Waals surface area contributed by atoms with Gasteiger partial charge in [0.2, 0.25) is 11.8 Å². The van der Waals surface area contributed by atoms with Gasteiger partial charge in [0.1, 0.15) is 23.7 Å². The predicted octanol–water partition coefficient (Wildman–Crippen LogP) is 7.92. The Bertz CT molecular complexity index is 2600. The standard InChI is InChI=1S/C50H65N9O8/c1-28(65-7)42(55-48(62)67-9)46(60)57-24-10-12-40(57)44-51-34-20-14-30(26-36(34)53-44)38-22-23-39(59(38)33-18-16-32(17-19-33)50(3,4)5)31-15-21-35-37(27-31)54-45(52-35)41-13-11-25-58(41)47(61)43(29(2)66-8)56(6)49(63)64/h14-21,26-29,38-43H,10-13,22-25H2,1-9H3,(H,51,53)(H,52,54)(H,55,62)(H,63,64)/t28-,29-,38-,39-,40+,41+,42+,43+/m1/s1. The molecule has 0 aliphatic carbocycles. The number of H-pyrrole nitrogens is 2. The first kappa shape index (κ1) is 47.3. The van der Waals surface area contributed by atoms with Crippen LogP contribution in [-0.4, -0.2) is 130 Å². The molecule has 17 heteroatoms. The van der Waals surface area contributed by atoms with E-state index in [9.17, 15) is 24.3 Å². The number of aromatic nitrogens is 4. The van der Waals surface area contributed by atoms with Crippen molar-refractivity contribution in [2.45, 2.75) is 127 Å². The third-order valence-corrected chi connectivity index (χ3v) is 14.3. The minimum absolute atomic E-state index is 0.00992. The maximum Gasteiger partial charge on any atom is 0.407 e. The Morgan fingerprint density at radius 3 is 1.70 bits per heavy atom. The van der Waals surface area contributed by atoms with Crippen molar-refractivity contribution >= 4 is 51.8 Å². The van der Waals surface area contributed by atoms with Crippen molar-refractivity contribution in [2.24, 2.45) is 0 Å². The molecule has 8 rings (SSSR count). The molecule has 358 valence electrons. The molecular weight excluding hydrogens is 855 g/mol. The Hall–Kier alpha value is -6.20. The molecule has 3 aliphatic heterocycles. The highest BCUT2D eigenvalue weighted by Gasteiger charge is 2.42. The molecule has 3 aliphatic rings. The van der Waals surface area contributed by atoms with E-state index in [0.29, 0.717) is 31.2 Å². The molecule has 0 bridgehead atoms. The molecule has 2 aromatic heterocycles. The Labute approximate surface area is 391 Å². The number of alkyl carbamates (subject to hydrolysis) is 1. The van der Waals surface area contributed by atoms with Crippen LogP contribution < -0.4 is 10.2 Å². The van der Waals surface area contributed by atoms with Crippen LogP contribution in [0.1, 0.15) is 126 Å². The van der Waals surface area contributed by atoms with Gasteiger partial charge in [0.25, 0.3) is 0 Å². The number of benzene rings is 3. The van der Waals surface area contributed by atoms with E-state index in [4.69, 9.17) is 24.2 Å². The van der Waals surface area contributed by atoms with Crippen LogP contribution >= 0.6 is 0 Å². The zero-order valence-corrected chi connectivity index (χ0v) is 40.0. The number of amides is 4. The highest BCUT2D eigenvalue weighted by Crippen LogP contribution is 2.48. The fraction of sp³-hybridized carbons (Fsp3) is 0.520. The summed E-state index contributed by atoms with van der Waals surface area (Å²) in [4.78, 5) is 76.5. The maximum absolute atomic E-state index is 14.0. The number of carbonyl (C=O) groups is 4. The first-order valence-electron chi connectivity index (χ1n) is 23.4. The van der Waals surface area contributed by atoms with Crippen LogP contribution in [0.4, 0.5) is 15.3 Å². The molecule has 4 amide bonds. The fourth-order valence-electron chi connectivity index (χ4n) is 10.4. The molecule has 3 fully saturated rings. The quantitative estimate of drug-likeness (QED) is 0.0895. The van der Waals surface area contributed by atoms with Gasteiger partial charge in [-0.05, 0) is 111 Å².